The SMILES string of the molecule is c1ccc(-c2ccc(C(c3ccc(-c4ccccc4)cc3)c3ccc4c(c3)c3c5sc6ccccc6c5ccc3n4-c3ccccc3)cc2)cc1. The van der Waals surface area contributed by atoms with Gasteiger partial charge in [0.05, 0.1) is 11.0 Å². The molecule has 0 spiro atoms. The first-order chi connectivity index (χ1) is 25.3. The lowest BCUT2D eigenvalue weighted by Crippen LogP contribution is -2.04. The number of thiophene rings is 1. The van der Waals surface area contributed by atoms with E-state index in [0.717, 1.165) is 0 Å². The Morgan fingerprint density at radius 1 is 0.373 bits per heavy atom. The highest BCUT2D eigenvalue weighted by atomic mass is 32.1. The van der Waals surface area contributed by atoms with Crippen LogP contribution in [0.25, 0.3) is 69.9 Å². The largest absolute Gasteiger partial charge is 0.309 e. The second kappa shape index (κ2) is 12.3. The molecule has 0 aliphatic carbocycles. The fourth-order valence-electron chi connectivity index (χ4n) is 7.91. The number of nitrogens with zero attached hydrogens (tertiary/aromatic N) is 1. The van der Waals surface area contributed by atoms with E-state index in [9.17, 15) is 0 Å². The zero-order chi connectivity index (χ0) is 33.7. The number of aromatic nitrogens is 1. The molecular weight excluding hydrogens is 635 g/mol. The third kappa shape index (κ3) is 5.07. The van der Waals surface area contributed by atoms with Crippen molar-refractivity contribution in [3.8, 4) is 27.9 Å². The van der Waals surface area contributed by atoms with Gasteiger partial charge in [-0.25, -0.2) is 0 Å². The van der Waals surface area contributed by atoms with Crippen molar-refractivity contribution >= 4 is 53.3 Å². The van der Waals surface area contributed by atoms with Crippen molar-refractivity contribution in [3.05, 3.63) is 211 Å². The summed E-state index contributed by atoms with van der Waals surface area (Å²) in [6.45, 7) is 0. The van der Waals surface area contributed by atoms with Crippen molar-refractivity contribution in [1.29, 1.82) is 0 Å². The Balaban J connectivity index is 1.21. The molecule has 0 atom stereocenters. The van der Waals surface area contributed by atoms with Crippen molar-refractivity contribution in [2.24, 2.45) is 0 Å². The van der Waals surface area contributed by atoms with Gasteiger partial charge in [-0.1, -0.05) is 158 Å². The van der Waals surface area contributed by atoms with Crippen molar-refractivity contribution in [2.45, 2.75) is 5.92 Å². The first kappa shape index (κ1) is 29.7. The van der Waals surface area contributed by atoms with Crippen molar-refractivity contribution in [1.82, 2.24) is 4.57 Å². The van der Waals surface area contributed by atoms with E-state index in [1.54, 1.807) is 0 Å². The highest BCUT2D eigenvalue weighted by molar-refractivity contribution is 7.26. The molecule has 51 heavy (non-hydrogen) atoms. The Morgan fingerprint density at radius 2 is 0.882 bits per heavy atom. The van der Waals surface area contributed by atoms with Crippen LogP contribution < -0.4 is 0 Å². The minimum Gasteiger partial charge on any atom is -0.309 e. The number of rotatable bonds is 6. The zero-order valence-corrected chi connectivity index (χ0v) is 28.7. The Labute approximate surface area is 301 Å². The van der Waals surface area contributed by atoms with E-state index in [4.69, 9.17) is 0 Å². The maximum atomic E-state index is 2.47. The molecule has 2 aromatic heterocycles. The summed E-state index contributed by atoms with van der Waals surface area (Å²) in [5, 5.41) is 5.26. The normalized spacial score (nSPS) is 11.7. The molecule has 0 radical (unpaired) electrons. The molecule has 2 heteroatoms. The van der Waals surface area contributed by atoms with Crippen molar-refractivity contribution < 1.29 is 0 Å². The summed E-state index contributed by atoms with van der Waals surface area (Å²) in [7, 11) is 0. The van der Waals surface area contributed by atoms with E-state index in [2.05, 4.69) is 199 Å². The van der Waals surface area contributed by atoms with Gasteiger partial charge in [0.15, 0.2) is 0 Å². The fraction of sp³-hybridized carbons (Fsp3) is 0.0204. The lowest BCUT2D eigenvalue weighted by atomic mass is 9.83. The zero-order valence-electron chi connectivity index (χ0n) is 27.9. The average molecular weight is 668 g/mol. The van der Waals surface area contributed by atoms with Gasteiger partial charge in [0.1, 0.15) is 0 Å². The van der Waals surface area contributed by atoms with E-state index < -0.39 is 0 Å². The van der Waals surface area contributed by atoms with Crippen molar-refractivity contribution in [2.75, 3.05) is 0 Å². The minimum atomic E-state index is 0.0563. The molecule has 8 aromatic carbocycles. The van der Waals surface area contributed by atoms with Crippen LogP contribution in [0.5, 0.6) is 0 Å². The number of hydrogen-bond acceptors (Lipinski definition) is 1. The van der Waals surface area contributed by atoms with Crippen LogP contribution in [0.2, 0.25) is 0 Å². The van der Waals surface area contributed by atoms with Gasteiger partial charge in [-0.15, -0.1) is 11.3 Å². The molecular formula is C49H33NS. The van der Waals surface area contributed by atoms with Crippen LogP contribution >= 0.6 is 11.3 Å². The highest BCUT2D eigenvalue weighted by Crippen LogP contribution is 2.45. The summed E-state index contributed by atoms with van der Waals surface area (Å²) in [6, 6.07) is 71.1. The topological polar surface area (TPSA) is 4.93 Å². The maximum absolute atomic E-state index is 2.47. The lowest BCUT2D eigenvalue weighted by Gasteiger charge is -2.20. The molecule has 0 aliphatic rings. The molecule has 0 N–H and O–H groups in total. The number of hydrogen-bond donors (Lipinski definition) is 0. The van der Waals surface area contributed by atoms with Gasteiger partial charge in [0, 0.05) is 42.6 Å². The van der Waals surface area contributed by atoms with Crippen LogP contribution in [-0.4, -0.2) is 4.57 Å². The van der Waals surface area contributed by atoms with E-state index >= 15 is 0 Å². The van der Waals surface area contributed by atoms with Crippen LogP contribution in [0.4, 0.5) is 0 Å². The molecule has 0 saturated heterocycles. The fourth-order valence-corrected chi connectivity index (χ4v) is 9.17. The molecule has 0 amide bonds. The Hall–Kier alpha value is -6.22. The molecule has 2 heterocycles. The van der Waals surface area contributed by atoms with Gasteiger partial charge in [0.2, 0.25) is 0 Å². The molecule has 10 rings (SSSR count). The summed E-state index contributed by atoms with van der Waals surface area (Å²) >= 11 is 1.91. The number of fused-ring (bicyclic) bond motifs is 7. The molecule has 0 fully saturated rings. The summed E-state index contributed by atoms with van der Waals surface area (Å²) in [5.41, 5.74) is 12.4. The molecule has 1 nitrogen and oxygen atoms in total. The summed E-state index contributed by atoms with van der Waals surface area (Å²) in [6.07, 6.45) is 0. The Kier molecular flexibility index (Phi) is 7.14. The minimum absolute atomic E-state index is 0.0563. The second-order valence-corrected chi connectivity index (χ2v) is 14.3. The molecule has 240 valence electrons. The molecule has 0 bridgehead atoms. The van der Waals surface area contributed by atoms with Gasteiger partial charge >= 0.3 is 0 Å². The predicted octanol–water partition coefficient (Wildman–Crippen LogP) is 13.7. The standard InChI is InChI=1S/C49H33NS/c1-4-12-33(13-5-1)35-20-24-37(25-21-35)47(38-26-22-36(23-27-38)34-14-6-2-7-15-34)39-28-30-44-43(32-39)48-45(50(44)40-16-8-3-9-17-40)31-29-42-41-18-10-11-19-46(41)51-49(42)48/h1-32,47H. The first-order valence-corrected chi connectivity index (χ1v) is 18.4. The van der Waals surface area contributed by atoms with Gasteiger partial charge in [-0.2, -0.15) is 0 Å². The monoisotopic (exact) mass is 667 g/mol. The van der Waals surface area contributed by atoms with Crippen LogP contribution in [-0.2, 0) is 0 Å². The smallest absolute Gasteiger partial charge is 0.0555 e. The first-order valence-electron chi connectivity index (χ1n) is 17.5. The van der Waals surface area contributed by atoms with Gasteiger partial charge in [0.25, 0.3) is 0 Å². The van der Waals surface area contributed by atoms with E-state index in [-0.39, 0.29) is 5.92 Å². The van der Waals surface area contributed by atoms with Crippen LogP contribution in [0.15, 0.2) is 194 Å². The van der Waals surface area contributed by atoms with Crippen LogP contribution in [0.3, 0.4) is 0 Å². The predicted molar refractivity (Wildman–Crippen MR) is 218 cm³/mol. The summed E-state index contributed by atoms with van der Waals surface area (Å²) in [4.78, 5) is 0. The van der Waals surface area contributed by atoms with Gasteiger partial charge in [-0.05, 0) is 75.3 Å². The molecule has 0 aliphatic heterocycles. The van der Waals surface area contributed by atoms with Crippen molar-refractivity contribution in [3.63, 3.8) is 0 Å². The lowest BCUT2D eigenvalue weighted by molar-refractivity contribution is 0.980. The van der Waals surface area contributed by atoms with E-state index in [1.165, 1.54) is 86.6 Å². The summed E-state index contributed by atoms with van der Waals surface area (Å²) in [5.74, 6) is 0.0563. The molecule has 0 unspecified atom stereocenters. The molecule has 0 saturated carbocycles. The average Bonchev–Trinajstić information content (AvgIpc) is 3.75. The van der Waals surface area contributed by atoms with E-state index in [0.29, 0.717) is 0 Å². The Morgan fingerprint density at radius 3 is 1.51 bits per heavy atom. The molecule has 10 aromatic rings. The quantitative estimate of drug-likeness (QED) is 0.156. The summed E-state index contributed by atoms with van der Waals surface area (Å²) < 4.78 is 5.12. The number of para-hydroxylation sites is 1. The third-order valence-electron chi connectivity index (χ3n) is 10.3. The van der Waals surface area contributed by atoms with Crippen LogP contribution in [0.1, 0.15) is 22.6 Å². The van der Waals surface area contributed by atoms with Crippen LogP contribution in [0, 0.1) is 0 Å². The second-order valence-electron chi connectivity index (χ2n) is 13.3. The third-order valence-corrected chi connectivity index (χ3v) is 11.6. The highest BCUT2D eigenvalue weighted by Gasteiger charge is 2.22. The van der Waals surface area contributed by atoms with Gasteiger partial charge in [-0.3, -0.25) is 0 Å². The van der Waals surface area contributed by atoms with E-state index in [1.807, 2.05) is 11.3 Å². The number of benzene rings is 8. The maximum Gasteiger partial charge on any atom is 0.0555 e. The van der Waals surface area contributed by atoms with Gasteiger partial charge < -0.3 is 4.57 Å². The Bertz CT molecular complexity index is 2730.